The van der Waals surface area contributed by atoms with Gasteiger partial charge in [0.25, 0.3) is 5.91 Å². The molecule has 34 heavy (non-hydrogen) atoms. The van der Waals surface area contributed by atoms with Crippen LogP contribution in [-0.2, 0) is 11.2 Å². The van der Waals surface area contributed by atoms with Gasteiger partial charge >= 0.3 is 5.97 Å². The molecule has 0 radical (unpaired) electrons. The maximum atomic E-state index is 13.2. The number of unbranched alkanes of at least 4 members (excludes halogenated alkanes) is 1. The van der Waals surface area contributed by atoms with Gasteiger partial charge in [0.05, 0.1) is 12.3 Å². The fraction of sp³-hybridized carbons (Fsp3) is 0.240. The van der Waals surface area contributed by atoms with E-state index in [4.69, 9.17) is 22.1 Å². The molecular weight excluding hydrogens is 490 g/mol. The Hall–Kier alpha value is -2.94. The number of pyridine rings is 1. The third kappa shape index (κ3) is 4.94. The lowest BCUT2D eigenvalue weighted by Gasteiger charge is -2.09. The molecule has 1 amide bonds. The first-order valence-corrected chi connectivity index (χ1v) is 13.0. The molecule has 0 fully saturated rings. The van der Waals surface area contributed by atoms with Gasteiger partial charge in [0.1, 0.15) is 20.3 Å². The minimum atomic E-state index is -0.504. The summed E-state index contributed by atoms with van der Waals surface area (Å²) in [4.78, 5) is 31.8. The molecule has 0 unspecified atom stereocenters. The maximum Gasteiger partial charge on any atom is 0.341 e. The lowest BCUT2D eigenvalue weighted by molar-refractivity contribution is 0.0529. The topological polar surface area (TPSA) is 94.3 Å². The minimum Gasteiger partial charge on any atom is -0.462 e. The number of carbonyl (C=O) groups excluding carboxylic acids is 2. The summed E-state index contributed by atoms with van der Waals surface area (Å²) in [5.41, 5.74) is 9.46. The van der Waals surface area contributed by atoms with Gasteiger partial charge in [0.15, 0.2) is 0 Å². The molecule has 0 saturated heterocycles. The van der Waals surface area contributed by atoms with E-state index in [1.807, 2.05) is 29.6 Å². The summed E-state index contributed by atoms with van der Waals surface area (Å²) < 4.78 is 5.28. The number of carbonyl (C=O) groups is 2. The average Bonchev–Trinajstić information content (AvgIpc) is 3.39. The van der Waals surface area contributed by atoms with Crippen LogP contribution < -0.4 is 11.1 Å². The second-order valence-corrected chi connectivity index (χ2v) is 9.95. The van der Waals surface area contributed by atoms with Gasteiger partial charge in [-0.3, -0.25) is 4.79 Å². The largest absolute Gasteiger partial charge is 0.462 e. The maximum absolute atomic E-state index is 13.2. The van der Waals surface area contributed by atoms with Crippen LogP contribution in [0.5, 0.6) is 0 Å². The highest BCUT2D eigenvalue weighted by Gasteiger charge is 2.25. The lowest BCUT2D eigenvalue weighted by Crippen LogP contribution is -2.14. The zero-order chi connectivity index (χ0) is 24.2. The summed E-state index contributed by atoms with van der Waals surface area (Å²) in [6, 6.07) is 11.0. The summed E-state index contributed by atoms with van der Waals surface area (Å²) in [7, 11) is 0. The van der Waals surface area contributed by atoms with Crippen molar-refractivity contribution in [2.24, 2.45) is 0 Å². The molecule has 176 valence electrons. The Morgan fingerprint density at radius 1 is 1.15 bits per heavy atom. The number of fused-ring (bicyclic) bond motifs is 1. The fourth-order valence-electron chi connectivity index (χ4n) is 3.56. The number of thiophene rings is 2. The van der Waals surface area contributed by atoms with Crippen molar-refractivity contribution in [3.8, 4) is 11.1 Å². The highest BCUT2D eigenvalue weighted by molar-refractivity contribution is 7.21. The third-order valence-corrected chi connectivity index (χ3v) is 7.56. The Labute approximate surface area is 210 Å². The molecular formula is C25H24ClN3O3S2. The van der Waals surface area contributed by atoms with E-state index in [9.17, 15) is 9.59 Å². The molecule has 3 heterocycles. The number of esters is 1. The number of aryl methyl sites for hydroxylation is 1. The average molecular weight is 514 g/mol. The Morgan fingerprint density at radius 3 is 2.62 bits per heavy atom. The van der Waals surface area contributed by atoms with Crippen LogP contribution in [0.15, 0.2) is 41.8 Å². The summed E-state index contributed by atoms with van der Waals surface area (Å²) in [5.74, 6) is -0.888. The number of nitrogen functional groups attached to an aromatic ring is 1. The summed E-state index contributed by atoms with van der Waals surface area (Å²) in [6.45, 7) is 4.10. The van der Waals surface area contributed by atoms with Gasteiger partial charge < -0.3 is 15.8 Å². The highest BCUT2D eigenvalue weighted by Crippen LogP contribution is 2.38. The summed E-state index contributed by atoms with van der Waals surface area (Å²) >= 11 is 8.53. The van der Waals surface area contributed by atoms with E-state index in [0.29, 0.717) is 31.7 Å². The quantitative estimate of drug-likeness (QED) is 0.246. The molecule has 6 nitrogen and oxygen atoms in total. The number of aromatic nitrogens is 1. The molecule has 0 aliphatic carbocycles. The van der Waals surface area contributed by atoms with Crippen molar-refractivity contribution in [3.05, 3.63) is 62.9 Å². The first-order chi connectivity index (χ1) is 16.4. The van der Waals surface area contributed by atoms with E-state index in [1.165, 1.54) is 22.7 Å². The van der Waals surface area contributed by atoms with E-state index in [0.717, 1.165) is 40.7 Å². The van der Waals surface area contributed by atoms with Gasteiger partial charge in [-0.2, -0.15) is 0 Å². The smallest absolute Gasteiger partial charge is 0.341 e. The predicted molar refractivity (Wildman–Crippen MR) is 141 cm³/mol. The van der Waals surface area contributed by atoms with E-state index in [2.05, 4.69) is 17.2 Å². The number of hydrogen-bond acceptors (Lipinski definition) is 7. The first kappa shape index (κ1) is 24.2. The van der Waals surface area contributed by atoms with Crippen LogP contribution in [0, 0.1) is 0 Å². The van der Waals surface area contributed by atoms with Crippen molar-refractivity contribution < 1.29 is 14.3 Å². The Kier molecular flexibility index (Phi) is 7.50. The fourth-order valence-corrected chi connectivity index (χ4v) is 5.65. The summed E-state index contributed by atoms with van der Waals surface area (Å²) in [5, 5.41) is 6.45. The number of anilines is 2. The van der Waals surface area contributed by atoms with Crippen LogP contribution in [0.25, 0.3) is 21.3 Å². The van der Waals surface area contributed by atoms with E-state index < -0.39 is 5.97 Å². The third-order valence-electron chi connectivity index (χ3n) is 5.30. The van der Waals surface area contributed by atoms with Crippen molar-refractivity contribution in [3.63, 3.8) is 0 Å². The minimum absolute atomic E-state index is 0.220. The van der Waals surface area contributed by atoms with Crippen LogP contribution >= 0.6 is 34.3 Å². The first-order valence-electron chi connectivity index (χ1n) is 11.0. The molecule has 4 rings (SSSR count). The van der Waals surface area contributed by atoms with Gasteiger partial charge in [-0.1, -0.05) is 37.1 Å². The predicted octanol–water partition coefficient (Wildman–Crippen LogP) is 7.03. The number of halogens is 1. The van der Waals surface area contributed by atoms with Crippen LogP contribution in [0.4, 0.5) is 10.7 Å². The van der Waals surface area contributed by atoms with Crippen LogP contribution in [0.1, 0.15) is 52.4 Å². The van der Waals surface area contributed by atoms with E-state index >= 15 is 0 Å². The Balaban J connectivity index is 1.67. The van der Waals surface area contributed by atoms with Crippen LogP contribution in [-0.4, -0.2) is 23.5 Å². The molecule has 3 N–H and O–H groups in total. The van der Waals surface area contributed by atoms with Crippen molar-refractivity contribution in [1.29, 1.82) is 0 Å². The number of nitrogens with one attached hydrogen (secondary N) is 1. The molecule has 1 aromatic carbocycles. The number of nitrogens with zero attached hydrogens (tertiary/aromatic N) is 1. The number of hydrogen-bond donors (Lipinski definition) is 2. The zero-order valence-corrected chi connectivity index (χ0v) is 21.2. The van der Waals surface area contributed by atoms with Gasteiger partial charge in [0.2, 0.25) is 0 Å². The number of amides is 1. The van der Waals surface area contributed by atoms with Crippen LogP contribution in [0.2, 0.25) is 5.02 Å². The molecule has 9 heteroatoms. The van der Waals surface area contributed by atoms with E-state index in [-0.39, 0.29) is 12.5 Å². The number of nitrogens with two attached hydrogens (primary N) is 1. The van der Waals surface area contributed by atoms with Crippen molar-refractivity contribution in [1.82, 2.24) is 4.98 Å². The van der Waals surface area contributed by atoms with Crippen LogP contribution in [0.3, 0.4) is 0 Å². The number of rotatable bonds is 8. The second kappa shape index (κ2) is 10.5. The van der Waals surface area contributed by atoms with Gasteiger partial charge in [-0.25, -0.2) is 9.78 Å². The zero-order valence-electron chi connectivity index (χ0n) is 18.8. The second-order valence-electron chi connectivity index (χ2n) is 7.64. The number of benzene rings is 1. The standard InChI is InChI=1S/C25H24ClN3O3S2/c1-3-5-6-16-11-12-17-20(27)21(34-23(17)28-16)22(30)29-24-19(25(31)32-4-2)18(13-33-24)14-7-9-15(26)10-8-14/h7-13H,3-6,27H2,1-2H3,(H,29,30). The molecule has 0 saturated carbocycles. The van der Waals surface area contributed by atoms with Crippen molar-refractivity contribution in [2.45, 2.75) is 33.1 Å². The van der Waals surface area contributed by atoms with Crippen molar-refractivity contribution in [2.75, 3.05) is 17.7 Å². The molecule has 0 aliphatic heterocycles. The molecule has 4 aromatic rings. The number of ether oxygens (including phenoxy) is 1. The molecule has 3 aromatic heterocycles. The van der Waals surface area contributed by atoms with Gasteiger partial charge in [-0.15, -0.1) is 22.7 Å². The normalized spacial score (nSPS) is 11.0. The molecule has 0 atom stereocenters. The molecule has 0 aliphatic rings. The highest BCUT2D eigenvalue weighted by atomic mass is 35.5. The lowest BCUT2D eigenvalue weighted by atomic mass is 10.0. The van der Waals surface area contributed by atoms with Gasteiger partial charge in [-0.05, 0) is 49.6 Å². The van der Waals surface area contributed by atoms with Crippen molar-refractivity contribution >= 4 is 67.1 Å². The van der Waals surface area contributed by atoms with Gasteiger partial charge in [0, 0.05) is 27.0 Å². The summed E-state index contributed by atoms with van der Waals surface area (Å²) in [6.07, 6.45) is 3.02. The molecule has 0 bridgehead atoms. The molecule has 0 spiro atoms. The Bertz CT molecular complexity index is 1350. The van der Waals surface area contributed by atoms with E-state index in [1.54, 1.807) is 19.1 Å². The monoisotopic (exact) mass is 513 g/mol. The Morgan fingerprint density at radius 2 is 1.91 bits per heavy atom. The SMILES string of the molecule is CCCCc1ccc2c(N)c(C(=O)Nc3scc(-c4ccc(Cl)cc4)c3C(=O)OCC)sc2n1.